The molecule has 0 unspecified atom stereocenters. The van der Waals surface area contributed by atoms with E-state index in [2.05, 4.69) is 233 Å². The molecule has 0 bridgehead atoms. The first-order chi connectivity index (χ1) is 31.2. The van der Waals surface area contributed by atoms with Crippen LogP contribution in [-0.2, 0) is 27.1 Å². The second kappa shape index (κ2) is 13.4. The molecule has 12 rings (SSSR count). The third-order valence-corrected chi connectivity index (χ3v) is 17.1. The molecule has 328 valence electrons. The van der Waals surface area contributed by atoms with Crippen LogP contribution >= 0.6 is 11.3 Å². The van der Waals surface area contributed by atoms with Crippen LogP contribution in [0.5, 0.6) is 0 Å². The van der Waals surface area contributed by atoms with E-state index >= 15 is 0 Å². The third-order valence-electron chi connectivity index (χ3n) is 15.9. The normalized spacial score (nSPS) is 16.1. The van der Waals surface area contributed by atoms with Crippen LogP contribution in [0.15, 0.2) is 133 Å². The summed E-state index contributed by atoms with van der Waals surface area (Å²) in [6, 6.07) is 52.7. The molecule has 0 saturated heterocycles. The summed E-state index contributed by atoms with van der Waals surface area (Å²) in [6.45, 7) is 30.7. The van der Waals surface area contributed by atoms with Crippen molar-refractivity contribution >= 4 is 66.9 Å². The van der Waals surface area contributed by atoms with Gasteiger partial charge in [0.2, 0.25) is 0 Å². The second-order valence-electron chi connectivity index (χ2n) is 23.8. The van der Waals surface area contributed by atoms with Crippen molar-refractivity contribution in [3.63, 3.8) is 0 Å². The van der Waals surface area contributed by atoms with Gasteiger partial charge in [-0.25, -0.2) is 0 Å². The molecule has 0 spiro atoms. The molecule has 66 heavy (non-hydrogen) atoms. The van der Waals surface area contributed by atoms with Crippen molar-refractivity contribution in [3.8, 4) is 33.4 Å². The van der Waals surface area contributed by atoms with E-state index in [-0.39, 0.29) is 33.9 Å². The number of fused-ring (bicyclic) bond motifs is 13. The van der Waals surface area contributed by atoms with Gasteiger partial charge in [-0.2, -0.15) is 0 Å². The first-order valence-electron chi connectivity index (χ1n) is 24.1. The summed E-state index contributed by atoms with van der Waals surface area (Å²) < 4.78 is 2.73. The van der Waals surface area contributed by atoms with Gasteiger partial charge >= 0.3 is 6.85 Å². The van der Waals surface area contributed by atoms with Gasteiger partial charge in [-0.1, -0.05) is 169 Å². The highest BCUT2D eigenvalue weighted by molar-refractivity contribution is 7.32. The second-order valence-corrected chi connectivity index (χ2v) is 24.9. The van der Waals surface area contributed by atoms with Crippen molar-refractivity contribution in [2.75, 3.05) is 9.71 Å². The largest absolute Gasteiger partial charge is 0.376 e. The van der Waals surface area contributed by atoms with Crippen molar-refractivity contribution < 1.29 is 0 Å². The van der Waals surface area contributed by atoms with Gasteiger partial charge in [-0.05, 0) is 143 Å². The Morgan fingerprint density at radius 2 is 0.985 bits per heavy atom. The van der Waals surface area contributed by atoms with Crippen molar-refractivity contribution in [1.82, 2.24) is 0 Å². The van der Waals surface area contributed by atoms with E-state index in [1.165, 1.54) is 121 Å². The summed E-state index contributed by atoms with van der Waals surface area (Å²) in [5, 5.41) is 1.33. The zero-order valence-corrected chi connectivity index (χ0v) is 41.9. The number of hydrogen-bond donors (Lipinski definition) is 0. The lowest BCUT2D eigenvalue weighted by Crippen LogP contribution is -2.61. The van der Waals surface area contributed by atoms with Crippen LogP contribution in [0.2, 0.25) is 0 Å². The van der Waals surface area contributed by atoms with Gasteiger partial charge in [0.1, 0.15) is 0 Å². The summed E-state index contributed by atoms with van der Waals surface area (Å²) in [5.74, 6) is 0. The smallest absolute Gasteiger partial charge is 0.343 e. The number of thiophene rings is 1. The molecule has 0 radical (unpaired) electrons. The van der Waals surface area contributed by atoms with Crippen LogP contribution in [0.1, 0.15) is 129 Å². The number of anilines is 5. The van der Waals surface area contributed by atoms with Crippen molar-refractivity contribution in [2.45, 2.75) is 117 Å². The van der Waals surface area contributed by atoms with Crippen LogP contribution in [0, 0.1) is 0 Å². The van der Waals surface area contributed by atoms with Crippen LogP contribution in [0.4, 0.5) is 28.4 Å². The lowest BCUT2D eigenvalue weighted by Gasteiger charge is -2.47. The standard InChI is InChI=1S/C62H61BN2S/c1-58(2,3)36-22-27-39(28-23-36)64-55-47-32-38(60(7,8)9)26-31-52(47)66-57(55)63-54-46(34-45-42-19-15-17-21-49(42)62(12,13)53(45)56(54)64)44-33-43-41-18-14-16-20-48(41)61(10,11)50(43)35-51(44)65(63)40-29-24-37(25-30-40)59(4,5)6/h14-35H,1-13H3. The molecule has 3 heterocycles. The van der Waals surface area contributed by atoms with E-state index in [0.717, 1.165) is 0 Å². The highest BCUT2D eigenvalue weighted by Gasteiger charge is 2.52. The Labute approximate surface area is 397 Å². The Kier molecular flexibility index (Phi) is 8.45. The Bertz CT molecular complexity index is 3360. The maximum atomic E-state index is 2.76. The number of hydrogen-bond acceptors (Lipinski definition) is 3. The van der Waals surface area contributed by atoms with Crippen molar-refractivity contribution in [1.29, 1.82) is 0 Å². The van der Waals surface area contributed by atoms with E-state index in [1.807, 2.05) is 11.3 Å². The molecule has 4 heteroatoms. The SMILES string of the molecule is CC(C)(C)c1ccc(N2B3c4sc5ccc(C(C)(C)C)cc5c4N(c4ccc(C(C)(C)C)cc4)c4c3c(cc3c4C(C)(C)c4ccccc4-3)-c3cc4c(cc32)C(C)(C)c2ccccc2-4)cc1. The zero-order valence-electron chi connectivity index (χ0n) is 41.1. The molecular formula is C62H61BN2S. The molecule has 4 aliphatic rings. The van der Waals surface area contributed by atoms with Crippen LogP contribution in [-0.4, -0.2) is 6.85 Å². The minimum Gasteiger partial charge on any atom is -0.376 e. The highest BCUT2D eigenvalue weighted by Crippen LogP contribution is 2.61. The van der Waals surface area contributed by atoms with Gasteiger partial charge in [0.05, 0.1) is 5.69 Å². The summed E-state index contributed by atoms with van der Waals surface area (Å²) in [7, 11) is 0. The number of rotatable bonds is 2. The highest BCUT2D eigenvalue weighted by atomic mass is 32.1. The molecule has 2 aliphatic carbocycles. The predicted molar refractivity (Wildman–Crippen MR) is 287 cm³/mol. The van der Waals surface area contributed by atoms with E-state index in [1.54, 1.807) is 0 Å². The van der Waals surface area contributed by atoms with Gasteiger partial charge in [0.25, 0.3) is 0 Å². The summed E-state index contributed by atoms with van der Waals surface area (Å²) in [4.78, 5) is 5.49. The topological polar surface area (TPSA) is 6.48 Å². The van der Waals surface area contributed by atoms with Gasteiger partial charge in [-0.15, -0.1) is 11.3 Å². The minimum atomic E-state index is -0.259. The van der Waals surface area contributed by atoms with Gasteiger partial charge < -0.3 is 9.71 Å². The fourth-order valence-electron chi connectivity index (χ4n) is 12.2. The van der Waals surface area contributed by atoms with Crippen LogP contribution in [0.3, 0.4) is 0 Å². The molecule has 0 fully saturated rings. The van der Waals surface area contributed by atoms with Gasteiger partial charge in [0, 0.05) is 54.0 Å². The minimum absolute atomic E-state index is 0.0117. The first-order valence-corrected chi connectivity index (χ1v) is 24.9. The molecule has 1 aromatic heterocycles. The first kappa shape index (κ1) is 41.6. The molecular weight excluding hydrogens is 816 g/mol. The fraction of sp³-hybridized carbons (Fsp3) is 0.290. The third kappa shape index (κ3) is 5.67. The summed E-state index contributed by atoms with van der Waals surface area (Å²) in [5.41, 5.74) is 25.2. The van der Waals surface area contributed by atoms with E-state index in [9.17, 15) is 0 Å². The zero-order chi connectivity index (χ0) is 46.2. The molecule has 0 saturated carbocycles. The molecule has 0 amide bonds. The lowest BCUT2D eigenvalue weighted by atomic mass is 9.45. The van der Waals surface area contributed by atoms with Crippen molar-refractivity contribution in [3.05, 3.63) is 172 Å². The van der Waals surface area contributed by atoms with E-state index in [4.69, 9.17) is 0 Å². The Morgan fingerprint density at radius 3 is 1.59 bits per heavy atom. The Morgan fingerprint density at radius 1 is 0.455 bits per heavy atom. The molecule has 0 N–H and O–H groups in total. The fourth-order valence-corrected chi connectivity index (χ4v) is 13.5. The molecule has 8 aromatic rings. The maximum absolute atomic E-state index is 2.76. The van der Waals surface area contributed by atoms with Gasteiger partial charge in [-0.3, -0.25) is 0 Å². The van der Waals surface area contributed by atoms with Crippen molar-refractivity contribution in [2.24, 2.45) is 0 Å². The lowest BCUT2D eigenvalue weighted by molar-refractivity contribution is 0.590. The van der Waals surface area contributed by atoms with E-state index in [0.29, 0.717) is 0 Å². The Balaban J connectivity index is 1.27. The monoisotopic (exact) mass is 876 g/mol. The van der Waals surface area contributed by atoms with Crippen LogP contribution < -0.4 is 20.0 Å². The molecule has 7 aromatic carbocycles. The van der Waals surface area contributed by atoms with Gasteiger partial charge in [0.15, 0.2) is 0 Å². The summed E-state index contributed by atoms with van der Waals surface area (Å²) in [6.07, 6.45) is 0. The van der Waals surface area contributed by atoms with Crippen LogP contribution in [0.25, 0.3) is 43.5 Å². The quantitative estimate of drug-likeness (QED) is 0.160. The molecule has 2 aliphatic heterocycles. The number of nitrogens with zero attached hydrogens (tertiary/aromatic N) is 2. The number of benzene rings is 7. The maximum Gasteiger partial charge on any atom is 0.343 e. The van der Waals surface area contributed by atoms with E-state index < -0.39 is 0 Å². The Hall–Kier alpha value is -5.84. The average Bonchev–Trinajstić information content (AvgIpc) is 3.84. The molecule has 2 nitrogen and oxygen atoms in total. The molecule has 0 atom stereocenters. The average molecular weight is 877 g/mol. The predicted octanol–water partition coefficient (Wildman–Crippen LogP) is 16.1. The summed E-state index contributed by atoms with van der Waals surface area (Å²) >= 11 is 2.00.